The van der Waals surface area contributed by atoms with Crippen molar-refractivity contribution in [3.63, 3.8) is 0 Å². The van der Waals surface area contributed by atoms with Crippen molar-refractivity contribution in [3.8, 4) is 11.5 Å². The van der Waals surface area contributed by atoms with Crippen LogP contribution < -0.4 is 4.74 Å². The van der Waals surface area contributed by atoms with E-state index in [4.69, 9.17) is 4.74 Å². The molecule has 0 aliphatic carbocycles. The monoisotopic (exact) mass is 270 g/mol. The molecule has 0 saturated carbocycles. The van der Waals surface area contributed by atoms with Crippen LogP contribution in [0.25, 0.3) is 0 Å². The lowest BCUT2D eigenvalue weighted by atomic mass is 9.70. The van der Waals surface area contributed by atoms with E-state index in [2.05, 4.69) is 0 Å². The lowest BCUT2D eigenvalue weighted by Gasteiger charge is -2.36. The fraction of sp³-hybridized carbons (Fsp3) is 0.188. The molecule has 0 unspecified atom stereocenters. The number of rotatable bonds is 3. The summed E-state index contributed by atoms with van der Waals surface area (Å²) in [6.07, 6.45) is 0.111. The number of para-hydroxylation sites is 2. The minimum atomic E-state index is -1.26. The van der Waals surface area contributed by atoms with Gasteiger partial charge in [0.05, 0.1) is 0 Å². The maximum Gasteiger partial charge on any atom is 0.319 e. The first-order valence-electron chi connectivity index (χ1n) is 6.41. The molecule has 3 rings (SSSR count). The Kier molecular flexibility index (Phi) is 2.95. The van der Waals surface area contributed by atoms with E-state index in [0.29, 0.717) is 22.6 Å². The Labute approximate surface area is 116 Å². The van der Waals surface area contributed by atoms with Crippen molar-refractivity contribution in [2.75, 3.05) is 6.61 Å². The number of hydrogen-bond acceptors (Lipinski definition) is 3. The predicted molar refractivity (Wildman–Crippen MR) is 73.1 cm³/mol. The summed E-state index contributed by atoms with van der Waals surface area (Å²) in [6, 6.07) is 14.2. The van der Waals surface area contributed by atoms with Crippen LogP contribution in [0.3, 0.4) is 0 Å². The summed E-state index contributed by atoms with van der Waals surface area (Å²) in [5, 5.41) is 19.2. The highest BCUT2D eigenvalue weighted by Crippen LogP contribution is 2.49. The average Bonchev–Trinajstić information content (AvgIpc) is 2.46. The maximum absolute atomic E-state index is 12.0. The summed E-state index contributed by atoms with van der Waals surface area (Å²) in [5.41, 5.74) is -0.0966. The molecule has 4 heteroatoms. The number of aliphatic hydroxyl groups is 1. The van der Waals surface area contributed by atoms with Crippen molar-refractivity contribution in [1.82, 2.24) is 0 Å². The Morgan fingerprint density at radius 3 is 1.95 bits per heavy atom. The molecule has 0 aromatic heterocycles. The van der Waals surface area contributed by atoms with Crippen molar-refractivity contribution in [1.29, 1.82) is 0 Å². The third kappa shape index (κ3) is 1.62. The van der Waals surface area contributed by atoms with Gasteiger partial charge < -0.3 is 14.9 Å². The predicted octanol–water partition coefficient (Wildman–Crippen LogP) is 2.55. The van der Waals surface area contributed by atoms with Crippen molar-refractivity contribution in [2.45, 2.75) is 11.8 Å². The zero-order valence-electron chi connectivity index (χ0n) is 10.7. The van der Waals surface area contributed by atoms with Gasteiger partial charge in [0.1, 0.15) is 16.9 Å². The third-order valence-corrected chi connectivity index (χ3v) is 3.77. The van der Waals surface area contributed by atoms with Crippen LogP contribution in [0.5, 0.6) is 11.5 Å². The zero-order chi connectivity index (χ0) is 14.2. The van der Waals surface area contributed by atoms with Crippen molar-refractivity contribution in [2.24, 2.45) is 0 Å². The topological polar surface area (TPSA) is 66.8 Å². The number of aliphatic carboxylic acids is 1. The number of carboxylic acid groups (broad SMARTS) is 1. The van der Waals surface area contributed by atoms with Gasteiger partial charge in [0, 0.05) is 17.7 Å². The number of carbonyl (C=O) groups is 1. The van der Waals surface area contributed by atoms with Gasteiger partial charge in [-0.2, -0.15) is 0 Å². The second-order valence-corrected chi connectivity index (χ2v) is 4.78. The lowest BCUT2D eigenvalue weighted by Crippen LogP contribution is -2.40. The summed E-state index contributed by atoms with van der Waals surface area (Å²) >= 11 is 0. The molecule has 0 spiro atoms. The zero-order valence-corrected chi connectivity index (χ0v) is 10.7. The molecule has 102 valence electrons. The van der Waals surface area contributed by atoms with E-state index >= 15 is 0 Å². The van der Waals surface area contributed by atoms with E-state index in [1.807, 2.05) is 0 Å². The van der Waals surface area contributed by atoms with Crippen LogP contribution in [0.4, 0.5) is 0 Å². The number of hydrogen-bond donors (Lipinski definition) is 2. The van der Waals surface area contributed by atoms with Crippen molar-refractivity contribution >= 4 is 5.97 Å². The van der Waals surface area contributed by atoms with Gasteiger partial charge in [-0.3, -0.25) is 4.79 Å². The van der Waals surface area contributed by atoms with E-state index in [1.54, 1.807) is 48.5 Å². The van der Waals surface area contributed by atoms with Crippen LogP contribution in [0.1, 0.15) is 17.5 Å². The SMILES string of the molecule is O=C(O)C1(CCO)c2ccccc2Oc2ccccc21. The number of ether oxygens (including phenoxy) is 1. The van der Waals surface area contributed by atoms with Crippen LogP contribution in [0.2, 0.25) is 0 Å². The highest BCUT2D eigenvalue weighted by Gasteiger charge is 2.48. The molecular formula is C16H14O4. The number of fused-ring (bicyclic) bond motifs is 2. The molecule has 0 bridgehead atoms. The molecule has 0 fully saturated rings. The molecule has 0 saturated heterocycles. The van der Waals surface area contributed by atoms with Crippen molar-refractivity contribution in [3.05, 3.63) is 59.7 Å². The minimum Gasteiger partial charge on any atom is -0.480 e. The standard InChI is InChI=1S/C16H14O4/c17-10-9-16(15(18)19)11-5-1-3-7-13(11)20-14-8-4-2-6-12(14)16/h1-8,17H,9-10H2,(H,18,19). The number of benzene rings is 2. The van der Waals surface area contributed by atoms with Crippen LogP contribution in [-0.2, 0) is 10.2 Å². The van der Waals surface area contributed by atoms with Crippen LogP contribution in [0.15, 0.2) is 48.5 Å². The highest BCUT2D eigenvalue weighted by molar-refractivity contribution is 5.89. The summed E-state index contributed by atoms with van der Waals surface area (Å²) in [5.74, 6) is 0.0823. The fourth-order valence-corrected chi connectivity index (χ4v) is 2.85. The summed E-state index contributed by atoms with van der Waals surface area (Å²) in [4.78, 5) is 12.0. The Balaban J connectivity index is 2.34. The number of aliphatic hydroxyl groups excluding tert-OH is 1. The number of carboxylic acids is 1. The normalized spacial score (nSPS) is 14.8. The molecular weight excluding hydrogens is 256 g/mol. The highest BCUT2D eigenvalue weighted by atomic mass is 16.5. The van der Waals surface area contributed by atoms with Crippen molar-refractivity contribution < 1.29 is 19.7 Å². The summed E-state index contributed by atoms with van der Waals surface area (Å²) < 4.78 is 5.78. The van der Waals surface area contributed by atoms with E-state index in [-0.39, 0.29) is 13.0 Å². The molecule has 0 amide bonds. The molecule has 2 aromatic carbocycles. The average molecular weight is 270 g/mol. The van der Waals surface area contributed by atoms with E-state index in [0.717, 1.165) is 0 Å². The van der Waals surface area contributed by atoms with E-state index in [1.165, 1.54) is 0 Å². The van der Waals surface area contributed by atoms with Gasteiger partial charge in [0.25, 0.3) is 0 Å². The largest absolute Gasteiger partial charge is 0.480 e. The Bertz CT molecular complexity index is 618. The van der Waals surface area contributed by atoms with Gasteiger partial charge in [-0.05, 0) is 18.6 Å². The van der Waals surface area contributed by atoms with Crippen LogP contribution in [-0.4, -0.2) is 22.8 Å². The fourth-order valence-electron chi connectivity index (χ4n) is 2.85. The van der Waals surface area contributed by atoms with Gasteiger partial charge >= 0.3 is 5.97 Å². The summed E-state index contributed by atoms with van der Waals surface area (Å²) in [6.45, 7) is -0.213. The first kappa shape index (κ1) is 12.7. The van der Waals surface area contributed by atoms with Gasteiger partial charge in [-0.15, -0.1) is 0 Å². The molecule has 1 aliphatic heterocycles. The molecule has 4 nitrogen and oxygen atoms in total. The third-order valence-electron chi connectivity index (χ3n) is 3.77. The minimum absolute atomic E-state index is 0.111. The molecule has 2 N–H and O–H groups in total. The smallest absolute Gasteiger partial charge is 0.319 e. The van der Waals surface area contributed by atoms with Crippen LogP contribution in [0, 0.1) is 0 Å². The summed E-state index contributed by atoms with van der Waals surface area (Å²) in [7, 11) is 0. The van der Waals surface area contributed by atoms with E-state index < -0.39 is 11.4 Å². The maximum atomic E-state index is 12.0. The second kappa shape index (κ2) is 4.65. The Hall–Kier alpha value is -2.33. The van der Waals surface area contributed by atoms with Gasteiger partial charge in [0.15, 0.2) is 0 Å². The molecule has 0 atom stereocenters. The first-order chi connectivity index (χ1) is 9.70. The molecule has 2 aromatic rings. The van der Waals surface area contributed by atoms with Gasteiger partial charge in [-0.25, -0.2) is 0 Å². The molecule has 1 aliphatic rings. The van der Waals surface area contributed by atoms with E-state index in [9.17, 15) is 15.0 Å². The quantitative estimate of drug-likeness (QED) is 0.899. The Morgan fingerprint density at radius 2 is 1.50 bits per heavy atom. The van der Waals surface area contributed by atoms with Crippen LogP contribution >= 0.6 is 0 Å². The molecule has 20 heavy (non-hydrogen) atoms. The lowest BCUT2D eigenvalue weighted by molar-refractivity contribution is -0.143. The van der Waals surface area contributed by atoms with Gasteiger partial charge in [0.2, 0.25) is 0 Å². The Morgan fingerprint density at radius 1 is 1.00 bits per heavy atom. The van der Waals surface area contributed by atoms with Gasteiger partial charge in [-0.1, -0.05) is 36.4 Å². The first-order valence-corrected chi connectivity index (χ1v) is 6.41. The molecule has 0 radical (unpaired) electrons. The molecule has 1 heterocycles. The second-order valence-electron chi connectivity index (χ2n) is 4.78.